The highest BCUT2D eigenvalue weighted by molar-refractivity contribution is 5.88. The second kappa shape index (κ2) is 13.5. The van der Waals surface area contributed by atoms with Crippen LogP contribution in [0.15, 0.2) is 120 Å². The second-order valence-electron chi connectivity index (χ2n) is 13.8. The van der Waals surface area contributed by atoms with E-state index in [0.717, 1.165) is 79.1 Å². The van der Waals surface area contributed by atoms with Crippen molar-refractivity contribution in [3.63, 3.8) is 0 Å². The van der Waals surface area contributed by atoms with Crippen LogP contribution < -0.4 is 4.74 Å². The molecule has 1 atom stereocenters. The molecule has 7 rings (SSSR count). The summed E-state index contributed by atoms with van der Waals surface area (Å²) in [5, 5.41) is 0. The zero-order chi connectivity index (χ0) is 34.0. The summed E-state index contributed by atoms with van der Waals surface area (Å²) in [6.07, 6.45) is 5.29. The summed E-state index contributed by atoms with van der Waals surface area (Å²) >= 11 is 0. The van der Waals surface area contributed by atoms with Gasteiger partial charge in [0.2, 0.25) is 5.89 Å². The average molecular weight is 644 g/mol. The van der Waals surface area contributed by atoms with Crippen molar-refractivity contribution in [2.75, 3.05) is 6.61 Å². The van der Waals surface area contributed by atoms with E-state index < -0.39 is 0 Å². The van der Waals surface area contributed by atoms with Gasteiger partial charge in [-0.25, -0.2) is 15.0 Å². The van der Waals surface area contributed by atoms with Gasteiger partial charge < -0.3 is 9.15 Å². The summed E-state index contributed by atoms with van der Waals surface area (Å²) in [5.74, 6) is 1.95. The minimum atomic E-state index is -0.0844. The molecule has 0 aliphatic heterocycles. The van der Waals surface area contributed by atoms with Gasteiger partial charge >= 0.3 is 0 Å². The van der Waals surface area contributed by atoms with Crippen molar-refractivity contribution in [2.24, 2.45) is 5.92 Å². The molecule has 5 nitrogen and oxygen atoms in total. The molecule has 0 fully saturated rings. The first kappa shape index (κ1) is 32.0. The van der Waals surface area contributed by atoms with Gasteiger partial charge in [0, 0.05) is 28.3 Å². The fraction of sp³-hybridized carbons (Fsp3) is 0.205. The lowest BCUT2D eigenvalue weighted by atomic mass is 9.86. The number of benzene rings is 5. The van der Waals surface area contributed by atoms with E-state index in [4.69, 9.17) is 24.1 Å². The third kappa shape index (κ3) is 7.02. The molecule has 0 N–H and O–H groups in total. The predicted octanol–water partition coefficient (Wildman–Crippen LogP) is 11.7. The highest BCUT2D eigenvalue weighted by atomic mass is 16.5. The molecule has 0 bridgehead atoms. The normalized spacial score (nSPS) is 12.6. The van der Waals surface area contributed by atoms with Crippen LogP contribution in [-0.4, -0.2) is 21.6 Å². The maximum absolute atomic E-state index is 6.29. The fourth-order valence-corrected chi connectivity index (χ4v) is 5.83. The van der Waals surface area contributed by atoms with Crippen molar-refractivity contribution >= 4 is 34.3 Å². The number of nitrogens with zero attached hydrogens (tertiary/aromatic N) is 3. The molecule has 0 saturated carbocycles. The second-order valence-corrected chi connectivity index (χ2v) is 13.8. The maximum Gasteiger partial charge on any atom is 0.227 e. The molecule has 7 aromatic rings. The third-order valence-corrected chi connectivity index (χ3v) is 8.93. The van der Waals surface area contributed by atoms with Crippen LogP contribution in [0.3, 0.4) is 0 Å². The van der Waals surface area contributed by atoms with Crippen LogP contribution in [0, 0.1) is 5.92 Å². The van der Waals surface area contributed by atoms with Crippen LogP contribution in [0.1, 0.15) is 57.7 Å². The van der Waals surface area contributed by atoms with E-state index in [1.54, 1.807) is 0 Å². The first-order chi connectivity index (χ1) is 23.7. The predicted molar refractivity (Wildman–Crippen MR) is 202 cm³/mol. The number of ether oxygens (including phenoxy) is 1. The summed E-state index contributed by atoms with van der Waals surface area (Å²) in [5.41, 5.74) is 11.2. The molecule has 0 amide bonds. The highest BCUT2D eigenvalue weighted by Crippen LogP contribution is 2.37. The molecule has 5 heteroatoms. The zero-order valence-corrected chi connectivity index (χ0v) is 28.8. The van der Waals surface area contributed by atoms with Crippen LogP contribution in [-0.2, 0) is 5.41 Å². The van der Waals surface area contributed by atoms with Crippen molar-refractivity contribution in [3.8, 4) is 39.7 Å². The molecule has 0 saturated heterocycles. The van der Waals surface area contributed by atoms with Crippen molar-refractivity contribution < 1.29 is 9.15 Å². The van der Waals surface area contributed by atoms with Gasteiger partial charge in [0.05, 0.1) is 29.0 Å². The summed E-state index contributed by atoms with van der Waals surface area (Å²) in [7, 11) is 0. The third-order valence-electron chi connectivity index (χ3n) is 8.93. The van der Waals surface area contributed by atoms with Crippen molar-refractivity contribution in [1.82, 2.24) is 15.0 Å². The van der Waals surface area contributed by atoms with E-state index in [1.165, 1.54) is 0 Å². The van der Waals surface area contributed by atoms with Gasteiger partial charge in [0.25, 0.3) is 0 Å². The Balaban J connectivity index is 1.14. The Morgan fingerprint density at radius 1 is 0.653 bits per heavy atom. The van der Waals surface area contributed by atoms with E-state index in [2.05, 4.69) is 114 Å². The fourth-order valence-electron chi connectivity index (χ4n) is 5.83. The van der Waals surface area contributed by atoms with E-state index in [9.17, 15) is 0 Å². The molecule has 0 spiro atoms. The summed E-state index contributed by atoms with van der Waals surface area (Å²) in [4.78, 5) is 15.1. The minimum Gasteiger partial charge on any atom is -0.493 e. The number of oxazole rings is 1. The first-order valence-electron chi connectivity index (χ1n) is 17.0. The lowest BCUT2D eigenvalue weighted by Crippen LogP contribution is -2.15. The van der Waals surface area contributed by atoms with Gasteiger partial charge in [0.1, 0.15) is 11.3 Å². The lowest BCUT2D eigenvalue weighted by Gasteiger charge is -2.23. The molecular formula is C44H41N3O2. The molecule has 244 valence electrons. The number of hydrogen-bond donors (Lipinski definition) is 0. The summed E-state index contributed by atoms with van der Waals surface area (Å²) < 4.78 is 12.6. The SMILES string of the molecule is CCC(C)COc1cc2oc(-c3ccc(C=Cc4ccc5nc(-c6ccccc6)c(-c6ccccc6)nc5c4)cc3)nc2cc1C(C)(C)C. The first-order valence-corrected chi connectivity index (χ1v) is 17.0. The molecule has 2 heterocycles. The molecular weight excluding hydrogens is 603 g/mol. The lowest BCUT2D eigenvalue weighted by molar-refractivity contribution is 0.251. The number of hydrogen-bond acceptors (Lipinski definition) is 5. The number of rotatable bonds is 9. The average Bonchev–Trinajstić information content (AvgIpc) is 3.56. The van der Waals surface area contributed by atoms with Crippen LogP contribution in [0.2, 0.25) is 0 Å². The number of fused-ring (bicyclic) bond motifs is 2. The molecule has 0 radical (unpaired) electrons. The Morgan fingerprint density at radius 2 is 1.27 bits per heavy atom. The number of aromatic nitrogens is 3. The Kier molecular flexibility index (Phi) is 8.83. The van der Waals surface area contributed by atoms with Crippen molar-refractivity contribution in [3.05, 3.63) is 132 Å². The Hall–Kier alpha value is -5.55. The van der Waals surface area contributed by atoms with E-state index in [0.29, 0.717) is 18.4 Å². The van der Waals surface area contributed by atoms with Gasteiger partial charge in [-0.15, -0.1) is 0 Å². The molecule has 0 aliphatic rings. The largest absolute Gasteiger partial charge is 0.493 e. The van der Waals surface area contributed by atoms with Gasteiger partial charge in [-0.3, -0.25) is 0 Å². The summed E-state index contributed by atoms with van der Waals surface area (Å²) in [6, 6.07) is 39.1. The van der Waals surface area contributed by atoms with E-state index >= 15 is 0 Å². The Bertz CT molecular complexity index is 2250. The van der Waals surface area contributed by atoms with E-state index in [1.807, 2.05) is 48.5 Å². The molecule has 2 aromatic heterocycles. The van der Waals surface area contributed by atoms with Crippen molar-refractivity contribution in [2.45, 2.75) is 46.5 Å². The Labute approximate surface area is 288 Å². The topological polar surface area (TPSA) is 61.0 Å². The van der Waals surface area contributed by atoms with Gasteiger partial charge in [0.15, 0.2) is 5.58 Å². The molecule has 5 aromatic carbocycles. The van der Waals surface area contributed by atoms with Crippen LogP contribution in [0.5, 0.6) is 5.75 Å². The van der Waals surface area contributed by atoms with Crippen LogP contribution >= 0.6 is 0 Å². The van der Waals surface area contributed by atoms with Crippen LogP contribution in [0.25, 0.3) is 68.3 Å². The standard InChI is InChI=1S/C44H41N3O2/c1-6-29(2)28-48-39-27-40-38(26-35(39)44(3,4)5)47-43(49-40)34-22-19-30(20-23-34)17-18-31-21-24-36-37(25-31)46-42(33-15-11-8-12-16-33)41(45-36)32-13-9-7-10-14-32/h7-27,29H,6,28H2,1-5H3. The van der Waals surface area contributed by atoms with Gasteiger partial charge in [-0.05, 0) is 52.8 Å². The van der Waals surface area contributed by atoms with Crippen LogP contribution in [0.4, 0.5) is 0 Å². The molecule has 1 unspecified atom stereocenters. The Morgan fingerprint density at radius 3 is 1.90 bits per heavy atom. The minimum absolute atomic E-state index is 0.0844. The highest BCUT2D eigenvalue weighted by Gasteiger charge is 2.23. The molecule has 0 aliphatic carbocycles. The van der Waals surface area contributed by atoms with E-state index in [-0.39, 0.29) is 5.41 Å². The van der Waals surface area contributed by atoms with Gasteiger partial charge in [-0.2, -0.15) is 0 Å². The maximum atomic E-state index is 6.29. The zero-order valence-electron chi connectivity index (χ0n) is 28.8. The van der Waals surface area contributed by atoms with Crippen molar-refractivity contribution in [1.29, 1.82) is 0 Å². The van der Waals surface area contributed by atoms with Gasteiger partial charge in [-0.1, -0.05) is 132 Å². The quantitative estimate of drug-likeness (QED) is 0.146. The monoisotopic (exact) mass is 643 g/mol. The molecule has 49 heavy (non-hydrogen) atoms. The summed E-state index contributed by atoms with van der Waals surface area (Å²) in [6.45, 7) is 11.7. The smallest absolute Gasteiger partial charge is 0.227 e.